The molecule has 1 saturated heterocycles. The van der Waals surface area contributed by atoms with Gasteiger partial charge in [-0.2, -0.15) is 0 Å². The number of hydrogen-bond acceptors (Lipinski definition) is 4. The minimum Gasteiger partial charge on any atom is -0.379 e. The van der Waals surface area contributed by atoms with Crippen LogP contribution in [0.4, 0.5) is 0 Å². The Bertz CT molecular complexity index is 771. The lowest BCUT2D eigenvalue weighted by Crippen LogP contribution is -2.50. The van der Waals surface area contributed by atoms with Gasteiger partial charge in [0.2, 0.25) is 0 Å². The molecule has 1 aliphatic carbocycles. The van der Waals surface area contributed by atoms with Crippen molar-refractivity contribution >= 4 is 16.8 Å². The van der Waals surface area contributed by atoms with Crippen molar-refractivity contribution in [3.05, 3.63) is 41.6 Å². The van der Waals surface area contributed by atoms with Gasteiger partial charge in [-0.15, -0.1) is 0 Å². The van der Waals surface area contributed by atoms with E-state index in [0.717, 1.165) is 23.0 Å². The number of pyridine rings is 1. The fourth-order valence-corrected chi connectivity index (χ4v) is 3.47. The maximum Gasteiger partial charge on any atom is 0.252 e. The van der Waals surface area contributed by atoms with E-state index >= 15 is 0 Å². The molecule has 2 atom stereocenters. The maximum atomic E-state index is 13.0. The molecule has 1 amide bonds. The summed E-state index contributed by atoms with van der Waals surface area (Å²) in [6.07, 6.45) is 3.02. The van der Waals surface area contributed by atoms with Crippen LogP contribution in [0.3, 0.4) is 0 Å². The van der Waals surface area contributed by atoms with Crippen LogP contribution in [0.2, 0.25) is 0 Å². The number of ether oxygens (including phenoxy) is 2. The Balaban J connectivity index is 1.62. The molecule has 1 aromatic heterocycles. The SMILES string of the molecule is CCO[C@@H]1COCC[C@H]1NC(=O)c1cc(C2CC2)nc2ccccc12. The van der Waals surface area contributed by atoms with Gasteiger partial charge in [0, 0.05) is 30.2 Å². The average molecular weight is 340 g/mol. The van der Waals surface area contributed by atoms with Gasteiger partial charge in [0.25, 0.3) is 5.91 Å². The third-order valence-corrected chi connectivity index (χ3v) is 4.98. The molecular weight excluding hydrogens is 316 g/mol. The van der Waals surface area contributed by atoms with Crippen LogP contribution in [-0.4, -0.2) is 42.9 Å². The second kappa shape index (κ2) is 7.10. The molecule has 1 N–H and O–H groups in total. The highest BCUT2D eigenvalue weighted by molar-refractivity contribution is 6.06. The molecule has 5 heteroatoms. The zero-order valence-electron chi connectivity index (χ0n) is 14.5. The molecule has 1 aliphatic heterocycles. The van der Waals surface area contributed by atoms with Crippen LogP contribution in [0.15, 0.2) is 30.3 Å². The van der Waals surface area contributed by atoms with E-state index in [-0.39, 0.29) is 18.1 Å². The Kier molecular flexibility index (Phi) is 4.68. The molecule has 0 radical (unpaired) electrons. The van der Waals surface area contributed by atoms with Gasteiger partial charge in [-0.25, -0.2) is 0 Å². The topological polar surface area (TPSA) is 60.5 Å². The number of amides is 1. The molecule has 4 rings (SSSR count). The number of nitrogens with zero attached hydrogens (tertiary/aromatic N) is 1. The van der Waals surface area contributed by atoms with Gasteiger partial charge in [0.1, 0.15) is 6.10 Å². The summed E-state index contributed by atoms with van der Waals surface area (Å²) < 4.78 is 11.2. The quantitative estimate of drug-likeness (QED) is 0.909. The van der Waals surface area contributed by atoms with E-state index in [1.165, 1.54) is 12.8 Å². The lowest BCUT2D eigenvalue weighted by atomic mass is 10.0. The minimum atomic E-state index is -0.0845. The Morgan fingerprint density at radius 2 is 2.16 bits per heavy atom. The second-order valence-electron chi connectivity index (χ2n) is 6.82. The minimum absolute atomic E-state index is 0.0162. The standard InChI is InChI=1S/C20H24N2O3/c1-2-25-19-12-24-10-9-17(19)22-20(23)15-11-18(13-7-8-13)21-16-6-4-3-5-14(15)16/h3-6,11,13,17,19H,2,7-10,12H2,1H3,(H,22,23)/t17-,19-/m1/s1. The zero-order valence-corrected chi connectivity index (χ0v) is 14.5. The molecule has 2 fully saturated rings. The van der Waals surface area contributed by atoms with Gasteiger partial charge in [0.05, 0.1) is 23.7 Å². The van der Waals surface area contributed by atoms with Gasteiger partial charge in [-0.3, -0.25) is 9.78 Å². The second-order valence-corrected chi connectivity index (χ2v) is 6.82. The largest absolute Gasteiger partial charge is 0.379 e. The Morgan fingerprint density at radius 3 is 2.96 bits per heavy atom. The number of para-hydroxylation sites is 1. The van der Waals surface area contributed by atoms with Crippen molar-refractivity contribution in [1.29, 1.82) is 0 Å². The molecule has 1 aromatic carbocycles. The van der Waals surface area contributed by atoms with Crippen LogP contribution in [0.25, 0.3) is 10.9 Å². The summed E-state index contributed by atoms with van der Waals surface area (Å²) in [4.78, 5) is 17.8. The van der Waals surface area contributed by atoms with Crippen molar-refractivity contribution in [3.63, 3.8) is 0 Å². The third kappa shape index (κ3) is 3.53. The smallest absolute Gasteiger partial charge is 0.252 e. The van der Waals surface area contributed by atoms with Crippen LogP contribution < -0.4 is 5.32 Å². The molecule has 2 aromatic rings. The molecule has 0 bridgehead atoms. The van der Waals surface area contributed by atoms with Crippen molar-refractivity contribution in [3.8, 4) is 0 Å². The Morgan fingerprint density at radius 1 is 1.32 bits per heavy atom. The lowest BCUT2D eigenvalue weighted by Gasteiger charge is -2.32. The van der Waals surface area contributed by atoms with Crippen LogP contribution in [0.5, 0.6) is 0 Å². The van der Waals surface area contributed by atoms with Crippen LogP contribution in [0.1, 0.15) is 48.2 Å². The van der Waals surface area contributed by atoms with E-state index in [2.05, 4.69) is 5.32 Å². The number of carbonyl (C=O) groups excluding carboxylic acids is 1. The van der Waals surface area contributed by atoms with Gasteiger partial charge in [-0.1, -0.05) is 18.2 Å². The highest BCUT2D eigenvalue weighted by atomic mass is 16.5. The number of benzene rings is 1. The number of aromatic nitrogens is 1. The number of rotatable bonds is 5. The molecule has 25 heavy (non-hydrogen) atoms. The van der Waals surface area contributed by atoms with Crippen LogP contribution in [0, 0.1) is 0 Å². The zero-order chi connectivity index (χ0) is 17.2. The first-order valence-corrected chi connectivity index (χ1v) is 9.16. The van der Waals surface area contributed by atoms with Crippen LogP contribution >= 0.6 is 0 Å². The predicted molar refractivity (Wildman–Crippen MR) is 95.8 cm³/mol. The summed E-state index contributed by atoms with van der Waals surface area (Å²) in [6, 6.07) is 9.84. The molecule has 0 spiro atoms. The summed E-state index contributed by atoms with van der Waals surface area (Å²) >= 11 is 0. The lowest BCUT2D eigenvalue weighted by molar-refractivity contribution is -0.0632. The van der Waals surface area contributed by atoms with Crippen molar-refractivity contribution in [1.82, 2.24) is 10.3 Å². The van der Waals surface area contributed by atoms with E-state index < -0.39 is 0 Å². The predicted octanol–water partition coefficient (Wildman–Crippen LogP) is 3.04. The van der Waals surface area contributed by atoms with Gasteiger partial charge in [0.15, 0.2) is 0 Å². The Hall–Kier alpha value is -1.98. The highest BCUT2D eigenvalue weighted by Gasteiger charge is 2.30. The van der Waals surface area contributed by atoms with Crippen molar-refractivity contribution in [2.24, 2.45) is 0 Å². The number of carbonyl (C=O) groups is 1. The molecule has 0 unspecified atom stereocenters. The fourth-order valence-electron chi connectivity index (χ4n) is 3.47. The van der Waals surface area contributed by atoms with Gasteiger partial charge < -0.3 is 14.8 Å². The number of nitrogens with one attached hydrogen (secondary N) is 1. The van der Waals surface area contributed by atoms with E-state index in [1.54, 1.807) is 0 Å². The summed E-state index contributed by atoms with van der Waals surface area (Å²) in [5.41, 5.74) is 2.65. The highest BCUT2D eigenvalue weighted by Crippen LogP contribution is 2.40. The van der Waals surface area contributed by atoms with Crippen molar-refractivity contribution < 1.29 is 14.3 Å². The maximum absolute atomic E-state index is 13.0. The number of fused-ring (bicyclic) bond motifs is 1. The third-order valence-electron chi connectivity index (χ3n) is 4.98. The molecular formula is C20H24N2O3. The summed E-state index contributed by atoms with van der Waals surface area (Å²) in [7, 11) is 0. The van der Waals surface area contributed by atoms with Gasteiger partial charge >= 0.3 is 0 Å². The molecule has 2 aliphatic rings. The molecule has 5 nitrogen and oxygen atoms in total. The van der Waals surface area contributed by atoms with Gasteiger partial charge in [-0.05, 0) is 38.3 Å². The van der Waals surface area contributed by atoms with Crippen molar-refractivity contribution in [2.45, 2.75) is 44.2 Å². The fraction of sp³-hybridized carbons (Fsp3) is 0.500. The van der Waals surface area contributed by atoms with E-state index in [9.17, 15) is 4.79 Å². The van der Waals surface area contributed by atoms with E-state index in [1.807, 2.05) is 37.3 Å². The van der Waals surface area contributed by atoms with Crippen LogP contribution in [-0.2, 0) is 9.47 Å². The first kappa shape index (κ1) is 16.5. The first-order valence-electron chi connectivity index (χ1n) is 9.16. The molecule has 2 heterocycles. The summed E-state index contributed by atoms with van der Waals surface area (Å²) in [5, 5.41) is 4.08. The first-order chi connectivity index (χ1) is 12.3. The summed E-state index contributed by atoms with van der Waals surface area (Å²) in [5.74, 6) is 0.465. The molecule has 1 saturated carbocycles. The average Bonchev–Trinajstić information content (AvgIpc) is 3.48. The summed E-state index contributed by atoms with van der Waals surface area (Å²) in [6.45, 7) is 3.76. The number of hydrogen-bond donors (Lipinski definition) is 1. The Labute approximate surface area is 147 Å². The monoisotopic (exact) mass is 340 g/mol. The van der Waals surface area contributed by atoms with E-state index in [0.29, 0.717) is 31.3 Å². The molecule has 132 valence electrons. The van der Waals surface area contributed by atoms with E-state index in [4.69, 9.17) is 14.5 Å². The van der Waals surface area contributed by atoms with Crippen molar-refractivity contribution in [2.75, 3.05) is 19.8 Å². The normalized spacial score (nSPS) is 23.6.